The molecule has 1 unspecified atom stereocenters. The number of nitrogens with one attached hydrogen (secondary N) is 1. The van der Waals surface area contributed by atoms with Gasteiger partial charge in [-0.1, -0.05) is 12.1 Å². The third-order valence-corrected chi connectivity index (χ3v) is 2.35. The first-order valence-electron chi connectivity index (χ1n) is 5.22. The normalized spacial score (nSPS) is 13.1. The highest BCUT2D eigenvalue weighted by atomic mass is 35.5. The Morgan fingerprint density at radius 1 is 1.44 bits per heavy atom. The van der Waals surface area contributed by atoms with Crippen molar-refractivity contribution in [3.8, 4) is 0 Å². The molecule has 1 amide bonds. The molecule has 0 saturated heterocycles. The van der Waals surface area contributed by atoms with Crippen molar-refractivity contribution in [2.24, 2.45) is 5.73 Å². The SMILES string of the molecule is CC(NC(=O)[C@@H](C)N)c1cccc([N+](=O)[O-])c1.Cl. The summed E-state index contributed by atoms with van der Waals surface area (Å²) >= 11 is 0. The molecule has 100 valence electrons. The number of nitro benzene ring substituents is 1. The van der Waals surface area contributed by atoms with Gasteiger partial charge < -0.3 is 11.1 Å². The van der Waals surface area contributed by atoms with Crippen LogP contribution in [0.15, 0.2) is 24.3 Å². The lowest BCUT2D eigenvalue weighted by Crippen LogP contribution is -2.39. The lowest BCUT2D eigenvalue weighted by atomic mass is 10.1. The number of rotatable bonds is 4. The van der Waals surface area contributed by atoms with Crippen LogP contribution in [0.5, 0.6) is 0 Å². The Morgan fingerprint density at radius 3 is 2.56 bits per heavy atom. The number of non-ortho nitro benzene ring substituents is 1. The van der Waals surface area contributed by atoms with Crippen molar-refractivity contribution < 1.29 is 9.72 Å². The highest BCUT2D eigenvalue weighted by molar-refractivity contribution is 5.85. The molecule has 0 fully saturated rings. The van der Waals surface area contributed by atoms with E-state index < -0.39 is 11.0 Å². The van der Waals surface area contributed by atoms with Gasteiger partial charge >= 0.3 is 0 Å². The average Bonchev–Trinajstić information content (AvgIpc) is 2.28. The van der Waals surface area contributed by atoms with Crippen LogP contribution in [0.3, 0.4) is 0 Å². The second kappa shape index (κ2) is 6.93. The van der Waals surface area contributed by atoms with E-state index in [1.165, 1.54) is 12.1 Å². The van der Waals surface area contributed by atoms with Gasteiger partial charge in [-0.3, -0.25) is 14.9 Å². The van der Waals surface area contributed by atoms with E-state index in [1.807, 2.05) is 0 Å². The number of amides is 1. The average molecular weight is 274 g/mol. The van der Waals surface area contributed by atoms with E-state index in [1.54, 1.807) is 26.0 Å². The summed E-state index contributed by atoms with van der Waals surface area (Å²) in [6, 6.07) is 5.24. The monoisotopic (exact) mass is 273 g/mol. The standard InChI is InChI=1S/C11H15N3O3.ClH/c1-7(12)11(15)13-8(2)9-4-3-5-10(6-9)14(16)17;/h3-8H,12H2,1-2H3,(H,13,15);1H/t7-,8?;/m1./s1. The maximum atomic E-state index is 11.4. The molecule has 18 heavy (non-hydrogen) atoms. The Kier molecular flexibility index (Phi) is 6.29. The Morgan fingerprint density at radius 2 is 2.06 bits per heavy atom. The molecule has 0 bridgehead atoms. The van der Waals surface area contributed by atoms with Crippen LogP contribution in [0, 0.1) is 10.1 Å². The van der Waals surface area contributed by atoms with Gasteiger partial charge in [0, 0.05) is 12.1 Å². The first-order valence-corrected chi connectivity index (χ1v) is 5.22. The number of carbonyl (C=O) groups is 1. The van der Waals surface area contributed by atoms with Gasteiger partial charge in [0.15, 0.2) is 0 Å². The Bertz CT molecular complexity index is 437. The van der Waals surface area contributed by atoms with E-state index in [2.05, 4.69) is 5.32 Å². The predicted octanol–water partition coefficient (Wildman–Crippen LogP) is 1.54. The highest BCUT2D eigenvalue weighted by Crippen LogP contribution is 2.18. The number of carbonyl (C=O) groups excluding carboxylic acids is 1. The molecule has 0 radical (unpaired) electrons. The molecule has 0 saturated carbocycles. The number of nitro groups is 1. The maximum absolute atomic E-state index is 11.4. The van der Waals surface area contributed by atoms with Gasteiger partial charge in [-0.25, -0.2) is 0 Å². The van der Waals surface area contributed by atoms with Gasteiger partial charge in [0.25, 0.3) is 5.69 Å². The third kappa shape index (κ3) is 4.31. The van der Waals surface area contributed by atoms with Gasteiger partial charge in [0.2, 0.25) is 5.91 Å². The zero-order valence-electron chi connectivity index (χ0n) is 10.1. The molecule has 1 aromatic rings. The van der Waals surface area contributed by atoms with E-state index in [-0.39, 0.29) is 30.0 Å². The molecular weight excluding hydrogens is 258 g/mol. The topological polar surface area (TPSA) is 98.3 Å². The van der Waals surface area contributed by atoms with Gasteiger partial charge in [0.1, 0.15) is 0 Å². The van der Waals surface area contributed by atoms with Crippen molar-refractivity contribution in [2.45, 2.75) is 25.9 Å². The number of nitrogens with zero attached hydrogens (tertiary/aromatic N) is 1. The fourth-order valence-electron chi connectivity index (χ4n) is 1.34. The van der Waals surface area contributed by atoms with Crippen LogP contribution in [-0.4, -0.2) is 16.9 Å². The van der Waals surface area contributed by atoms with Crippen molar-refractivity contribution in [1.29, 1.82) is 0 Å². The van der Waals surface area contributed by atoms with Crippen molar-refractivity contribution in [3.05, 3.63) is 39.9 Å². The summed E-state index contributed by atoms with van der Waals surface area (Å²) in [5.41, 5.74) is 6.10. The third-order valence-electron chi connectivity index (χ3n) is 2.35. The van der Waals surface area contributed by atoms with Gasteiger partial charge in [-0.2, -0.15) is 0 Å². The van der Waals surface area contributed by atoms with Crippen LogP contribution in [-0.2, 0) is 4.79 Å². The Labute approximate surface area is 111 Å². The van der Waals surface area contributed by atoms with E-state index in [9.17, 15) is 14.9 Å². The van der Waals surface area contributed by atoms with Crippen LogP contribution in [0.2, 0.25) is 0 Å². The minimum atomic E-state index is -0.601. The largest absolute Gasteiger partial charge is 0.348 e. The minimum Gasteiger partial charge on any atom is -0.348 e. The maximum Gasteiger partial charge on any atom is 0.269 e. The van der Waals surface area contributed by atoms with E-state index in [0.29, 0.717) is 5.56 Å². The van der Waals surface area contributed by atoms with Gasteiger partial charge in [-0.05, 0) is 19.4 Å². The molecule has 3 N–H and O–H groups in total. The Hall–Kier alpha value is -1.66. The van der Waals surface area contributed by atoms with Crippen molar-refractivity contribution in [2.75, 3.05) is 0 Å². The smallest absolute Gasteiger partial charge is 0.269 e. The van der Waals surface area contributed by atoms with Crippen molar-refractivity contribution in [3.63, 3.8) is 0 Å². The lowest BCUT2D eigenvalue weighted by Gasteiger charge is -2.15. The van der Waals surface area contributed by atoms with Crippen LogP contribution in [0.4, 0.5) is 5.69 Å². The van der Waals surface area contributed by atoms with Gasteiger partial charge in [-0.15, -0.1) is 12.4 Å². The van der Waals surface area contributed by atoms with Gasteiger partial charge in [0.05, 0.1) is 17.0 Å². The molecule has 0 aliphatic heterocycles. The fourth-order valence-corrected chi connectivity index (χ4v) is 1.34. The zero-order valence-corrected chi connectivity index (χ0v) is 10.9. The van der Waals surface area contributed by atoms with E-state index in [4.69, 9.17) is 5.73 Å². The molecule has 1 aromatic carbocycles. The van der Waals surface area contributed by atoms with Crippen LogP contribution in [0.25, 0.3) is 0 Å². The molecule has 7 heteroatoms. The summed E-state index contributed by atoms with van der Waals surface area (Å²) in [5.74, 6) is -0.288. The number of hydrogen-bond donors (Lipinski definition) is 2. The number of hydrogen-bond acceptors (Lipinski definition) is 4. The number of benzene rings is 1. The summed E-state index contributed by atoms with van der Waals surface area (Å²) in [5, 5.41) is 13.3. The number of halogens is 1. The first-order chi connectivity index (χ1) is 7.91. The molecular formula is C11H16ClN3O3. The summed E-state index contributed by atoms with van der Waals surface area (Å²) < 4.78 is 0. The second-order valence-electron chi connectivity index (χ2n) is 3.87. The van der Waals surface area contributed by atoms with Crippen LogP contribution in [0.1, 0.15) is 25.5 Å². The summed E-state index contributed by atoms with van der Waals surface area (Å²) in [7, 11) is 0. The highest BCUT2D eigenvalue weighted by Gasteiger charge is 2.14. The predicted molar refractivity (Wildman–Crippen MR) is 70.6 cm³/mol. The molecule has 0 aliphatic rings. The summed E-state index contributed by atoms with van der Waals surface area (Å²) in [4.78, 5) is 21.5. The lowest BCUT2D eigenvalue weighted by molar-refractivity contribution is -0.384. The molecule has 0 heterocycles. The Balaban J connectivity index is 0.00000289. The minimum absolute atomic E-state index is 0. The molecule has 0 aromatic heterocycles. The zero-order chi connectivity index (χ0) is 13.0. The molecule has 1 rings (SSSR count). The number of nitrogens with two attached hydrogens (primary N) is 1. The fraction of sp³-hybridized carbons (Fsp3) is 0.364. The van der Waals surface area contributed by atoms with Crippen molar-refractivity contribution >= 4 is 24.0 Å². The molecule has 0 spiro atoms. The molecule has 6 nitrogen and oxygen atoms in total. The summed E-state index contributed by atoms with van der Waals surface area (Å²) in [6.07, 6.45) is 0. The molecule has 0 aliphatic carbocycles. The second-order valence-corrected chi connectivity index (χ2v) is 3.87. The van der Waals surface area contributed by atoms with E-state index in [0.717, 1.165) is 0 Å². The quantitative estimate of drug-likeness (QED) is 0.642. The van der Waals surface area contributed by atoms with E-state index >= 15 is 0 Å². The summed E-state index contributed by atoms with van der Waals surface area (Å²) in [6.45, 7) is 3.33. The first kappa shape index (κ1) is 16.3. The van der Waals surface area contributed by atoms with Crippen LogP contribution < -0.4 is 11.1 Å². The molecule has 2 atom stereocenters. The van der Waals surface area contributed by atoms with Crippen LogP contribution >= 0.6 is 12.4 Å². The van der Waals surface area contributed by atoms with Crippen molar-refractivity contribution in [1.82, 2.24) is 5.32 Å².